The summed E-state index contributed by atoms with van der Waals surface area (Å²) in [6.07, 6.45) is 2.11. The quantitative estimate of drug-likeness (QED) is 0.111. The van der Waals surface area contributed by atoms with E-state index < -0.39 is 32.4 Å². The molecule has 2 atom stereocenters. The van der Waals surface area contributed by atoms with Gasteiger partial charge in [-0.05, 0) is 115 Å². The van der Waals surface area contributed by atoms with Gasteiger partial charge in [-0.2, -0.15) is 9.31 Å². The predicted octanol–water partition coefficient (Wildman–Crippen LogP) is 9.01. The van der Waals surface area contributed by atoms with E-state index in [0.29, 0.717) is 58.7 Å². The maximum Gasteiger partial charge on any atom is 0.316 e. The molecule has 65 heavy (non-hydrogen) atoms. The first-order chi connectivity index (χ1) is 30.4. The van der Waals surface area contributed by atoms with Crippen LogP contribution in [0.25, 0.3) is 11.4 Å². The van der Waals surface area contributed by atoms with Crippen LogP contribution in [0.4, 0.5) is 17.1 Å². The van der Waals surface area contributed by atoms with Crippen LogP contribution in [0.15, 0.2) is 90.0 Å². The van der Waals surface area contributed by atoms with Gasteiger partial charge < -0.3 is 13.8 Å². The van der Waals surface area contributed by atoms with Crippen LogP contribution in [0.1, 0.15) is 107 Å². The fourth-order valence-corrected chi connectivity index (χ4v) is 10.1. The number of sulfonamides is 1. The Balaban J connectivity index is 1.21. The molecule has 1 spiro atoms. The van der Waals surface area contributed by atoms with Gasteiger partial charge in [0.05, 0.1) is 18.6 Å². The molecular weight excluding hydrogens is 861 g/mol. The van der Waals surface area contributed by atoms with Crippen LogP contribution in [-0.4, -0.2) is 65.0 Å². The van der Waals surface area contributed by atoms with Crippen LogP contribution in [-0.2, 0) is 43.8 Å². The lowest BCUT2D eigenvalue weighted by molar-refractivity contribution is -0.0129. The van der Waals surface area contributed by atoms with Crippen molar-refractivity contribution in [3.05, 3.63) is 119 Å². The van der Waals surface area contributed by atoms with Crippen molar-refractivity contribution in [3.63, 3.8) is 0 Å². The molecule has 0 saturated heterocycles. The number of amides is 1. The van der Waals surface area contributed by atoms with Crippen LogP contribution in [0.2, 0.25) is 0 Å². The second-order valence-corrected chi connectivity index (χ2v) is 22.6. The zero-order valence-corrected chi connectivity index (χ0v) is 41.2. The third kappa shape index (κ3) is 10.1. The lowest BCUT2D eigenvalue weighted by atomic mass is 9.72. The van der Waals surface area contributed by atoms with Crippen molar-refractivity contribution in [3.8, 4) is 17.1 Å². The summed E-state index contributed by atoms with van der Waals surface area (Å²) in [5.41, 5.74) is 5.06. The molecule has 1 aromatic heterocycles. The number of aromatic nitrogens is 3. The minimum atomic E-state index is -3.35. The Morgan fingerprint density at radius 2 is 1.63 bits per heavy atom. The Morgan fingerprint density at radius 3 is 2.28 bits per heavy atom. The molecule has 346 valence electrons. The monoisotopic (exact) mass is 922 g/mol. The maximum atomic E-state index is 15.2. The van der Waals surface area contributed by atoms with E-state index in [4.69, 9.17) is 24.1 Å². The average molecular weight is 923 g/mol. The van der Waals surface area contributed by atoms with E-state index in [1.807, 2.05) is 108 Å². The number of carbonyl (C=O) groups excluding carboxylic acids is 1. The van der Waals surface area contributed by atoms with E-state index in [1.54, 1.807) is 17.0 Å². The molecule has 0 aliphatic carbocycles. The summed E-state index contributed by atoms with van der Waals surface area (Å²) in [4.78, 5) is 25.5. The summed E-state index contributed by atoms with van der Waals surface area (Å²) in [6, 6.07) is 26.6. The van der Waals surface area contributed by atoms with E-state index in [0.717, 1.165) is 40.6 Å². The predicted molar refractivity (Wildman–Crippen MR) is 260 cm³/mol. The van der Waals surface area contributed by atoms with Crippen molar-refractivity contribution in [2.75, 3.05) is 40.4 Å². The molecule has 2 unspecified atom stereocenters. The second kappa shape index (κ2) is 17.8. The zero-order chi connectivity index (χ0) is 47.3. The van der Waals surface area contributed by atoms with Gasteiger partial charge >= 0.3 is 11.3 Å². The van der Waals surface area contributed by atoms with E-state index in [1.165, 1.54) is 4.79 Å². The van der Waals surface area contributed by atoms with Crippen LogP contribution in [0.5, 0.6) is 5.75 Å². The summed E-state index contributed by atoms with van der Waals surface area (Å²) >= 11 is -1.89. The molecule has 16 heteroatoms. The number of benzene rings is 4. The topological polar surface area (TPSA) is 160 Å². The summed E-state index contributed by atoms with van der Waals surface area (Å²) in [7, 11) is -3.35. The van der Waals surface area contributed by atoms with Crippen molar-refractivity contribution < 1.29 is 26.3 Å². The van der Waals surface area contributed by atoms with Gasteiger partial charge in [0.15, 0.2) is 5.82 Å². The van der Waals surface area contributed by atoms with E-state index in [9.17, 15) is 12.6 Å². The average Bonchev–Trinajstić information content (AvgIpc) is 3.74. The smallest absolute Gasteiger partial charge is 0.316 e. The molecule has 3 heterocycles. The first-order valence-electron chi connectivity index (χ1n) is 21.9. The molecule has 5 aromatic rings. The molecule has 14 nitrogen and oxygen atoms in total. The molecule has 0 fully saturated rings. The largest absolute Gasteiger partial charge is 0.385 e. The number of aryl methyl sites for hydroxylation is 2. The molecule has 0 saturated carbocycles. The summed E-state index contributed by atoms with van der Waals surface area (Å²) < 4.78 is 55.5. The van der Waals surface area contributed by atoms with Crippen LogP contribution in [0, 0.1) is 24.7 Å². The van der Waals surface area contributed by atoms with Crippen molar-refractivity contribution in [2.45, 2.75) is 100 Å². The fourth-order valence-electron chi connectivity index (χ4n) is 8.97. The van der Waals surface area contributed by atoms with E-state index in [-0.39, 0.29) is 29.9 Å². The zero-order valence-electron chi connectivity index (χ0n) is 39.6. The summed E-state index contributed by atoms with van der Waals surface area (Å²) in [6.45, 7) is 24.5. The minimum absolute atomic E-state index is 0.0991. The molecule has 2 aliphatic heterocycles. The van der Waals surface area contributed by atoms with Crippen LogP contribution in [0.3, 0.4) is 0 Å². The first kappa shape index (κ1) is 47.5. The highest BCUT2D eigenvalue weighted by Crippen LogP contribution is 2.48. The molecule has 0 radical (unpaired) electrons. The van der Waals surface area contributed by atoms with Gasteiger partial charge in [-0.15, -0.1) is 9.89 Å². The number of nitrogens with zero attached hydrogens (tertiary/aromatic N) is 6. The number of ether oxygens (including phenoxy) is 1. The molecule has 4 aromatic carbocycles. The Bertz CT molecular complexity index is 2770. The van der Waals surface area contributed by atoms with Crippen molar-refractivity contribution in [1.82, 2.24) is 19.6 Å². The number of hydrogen-bond acceptors (Lipinski definition) is 10. The molecule has 1 amide bonds. The maximum absolute atomic E-state index is 15.2. The minimum Gasteiger partial charge on any atom is -0.385 e. The summed E-state index contributed by atoms with van der Waals surface area (Å²) in [5, 5.41) is 9.92. The molecular formula is C49H62N8O6S2. The standard InChI is InChI=1S/C49H62N8O6S2/c1-13-55(27-26-50-65(12,60)61)38-24-25-40(33(3)28-38)56-43(58)39-17-15-14-16-35(39)30-62-49(56)44(47(7,8)9)53-57-45(49)51-42(52-57)34-19-22-37(23-20-34)54-64(59)63-41-29-36(21-18-32(41)2)48(10,11)31-46(4,5)6/h14-25,28-29,50,54H,13,26-27,30-31H2,1-12H3. The third-order valence-electron chi connectivity index (χ3n) is 11.7. The number of likely N-dealkylation sites (N-methyl/N-ethyl adjacent to an activating group) is 1. The number of carbonyl (C=O) groups is 1. The van der Waals surface area contributed by atoms with Gasteiger partial charge in [0.1, 0.15) is 11.5 Å². The molecule has 2 N–H and O–H groups in total. The number of nitrogens with one attached hydrogen (secondary N) is 2. The Labute approximate surface area is 386 Å². The van der Waals surface area contributed by atoms with Crippen LogP contribution < -0.4 is 23.4 Å². The summed E-state index contributed by atoms with van der Waals surface area (Å²) in [5.74, 6) is 0.952. The highest BCUT2D eigenvalue weighted by Gasteiger charge is 2.60. The first-order valence-corrected chi connectivity index (χ1v) is 24.9. The van der Waals surface area contributed by atoms with Crippen LogP contribution >= 0.6 is 0 Å². The highest BCUT2D eigenvalue weighted by atomic mass is 32.2. The van der Waals surface area contributed by atoms with Gasteiger partial charge in [0, 0.05) is 47.6 Å². The van der Waals surface area contributed by atoms with Gasteiger partial charge in [0.2, 0.25) is 15.8 Å². The second-order valence-electron chi connectivity index (χ2n) is 19.9. The van der Waals surface area contributed by atoms with E-state index >= 15 is 4.79 Å². The van der Waals surface area contributed by atoms with Gasteiger partial charge in [0.25, 0.3) is 11.6 Å². The van der Waals surface area contributed by atoms with E-state index in [2.05, 4.69) is 55.0 Å². The SMILES string of the molecule is CCN(CCNS(C)(=O)=O)c1ccc(N2C(=O)c3ccccc3COC23C(C(C)(C)C)=Nn2nc(-c4ccc(NS(=O)Oc5cc(C(C)(C)CC(C)(C)C)ccc5C)cc4)nc23)c(C)c1. The Hall–Kier alpha value is -5.42. The number of fused-ring (bicyclic) bond motifs is 3. The molecule has 0 bridgehead atoms. The Kier molecular flexibility index (Phi) is 13.0. The van der Waals surface area contributed by atoms with Crippen molar-refractivity contribution in [1.29, 1.82) is 0 Å². The van der Waals surface area contributed by atoms with Gasteiger partial charge in [-0.25, -0.2) is 18.1 Å². The lowest BCUT2D eigenvalue weighted by Gasteiger charge is -2.42. The molecule has 7 rings (SSSR count). The third-order valence-corrected chi connectivity index (χ3v) is 13.1. The van der Waals surface area contributed by atoms with Gasteiger partial charge in [-0.3, -0.25) is 14.4 Å². The molecule has 2 aliphatic rings. The fraction of sp³-hybridized carbons (Fsp3) is 0.429. The van der Waals surface area contributed by atoms with Gasteiger partial charge in [-0.1, -0.05) is 85.7 Å². The van der Waals surface area contributed by atoms with Crippen molar-refractivity contribution in [2.24, 2.45) is 15.9 Å². The Morgan fingerprint density at radius 1 is 0.923 bits per heavy atom. The number of rotatable bonds is 14. The van der Waals surface area contributed by atoms with Crippen molar-refractivity contribution >= 4 is 50.0 Å². The number of anilines is 3. The lowest BCUT2D eigenvalue weighted by Crippen LogP contribution is -2.58. The highest BCUT2D eigenvalue weighted by molar-refractivity contribution is 7.88. The number of hydrogen-bond donors (Lipinski definition) is 2. The normalized spacial score (nSPS) is 17.1.